The molecule has 4 atom stereocenters. The Balaban J connectivity index is 0.838. The predicted octanol–water partition coefficient (Wildman–Crippen LogP) is 6.78. The topological polar surface area (TPSA) is 58.2 Å². The van der Waals surface area contributed by atoms with Crippen LogP contribution in [0.3, 0.4) is 0 Å². The maximum absolute atomic E-state index is 13.0. The Kier molecular flexibility index (Phi) is 9.50. The minimum atomic E-state index is 0.244. The molecule has 0 aromatic rings. The lowest BCUT2D eigenvalue weighted by Crippen LogP contribution is -2.49. The fourth-order valence-electron chi connectivity index (χ4n) is 8.96. The van der Waals surface area contributed by atoms with Gasteiger partial charge in [0, 0.05) is 47.9 Å². The molecule has 4 nitrogen and oxygen atoms in total. The summed E-state index contributed by atoms with van der Waals surface area (Å²) in [5, 5.41) is 6.57. The van der Waals surface area contributed by atoms with Crippen molar-refractivity contribution >= 4 is 58.9 Å². The molecule has 6 rings (SSSR count). The van der Waals surface area contributed by atoms with Gasteiger partial charge in [-0.05, 0) is 87.9 Å². The molecule has 2 heterocycles. The minimum Gasteiger partial charge on any atom is -0.356 e. The normalized spacial score (nSPS) is 36.8. The summed E-state index contributed by atoms with van der Waals surface area (Å²) in [6.07, 6.45) is 16.9. The van der Waals surface area contributed by atoms with Crippen LogP contribution in [-0.2, 0) is 9.59 Å². The van der Waals surface area contributed by atoms with Crippen LogP contribution in [0.15, 0.2) is 0 Å². The Morgan fingerprint density at radius 3 is 1.24 bits per heavy atom. The largest absolute Gasteiger partial charge is 0.356 e. The number of amides is 2. The van der Waals surface area contributed by atoms with Crippen molar-refractivity contribution in [3.05, 3.63) is 0 Å². The molecule has 0 aromatic carbocycles. The molecule has 2 aliphatic heterocycles. The van der Waals surface area contributed by atoms with Crippen LogP contribution in [0.1, 0.15) is 89.9 Å². The fourth-order valence-corrected chi connectivity index (χ4v) is 16.8. The van der Waals surface area contributed by atoms with Crippen LogP contribution in [0.25, 0.3) is 0 Å². The van der Waals surface area contributed by atoms with Crippen LogP contribution in [0, 0.1) is 35.5 Å². The molecule has 2 spiro atoms. The molecule has 4 unspecified atom stereocenters. The van der Waals surface area contributed by atoms with Crippen LogP contribution in [0.4, 0.5) is 0 Å². The summed E-state index contributed by atoms with van der Waals surface area (Å²) in [5.74, 6) is 9.33. The lowest BCUT2D eigenvalue weighted by atomic mass is 9.67. The minimum absolute atomic E-state index is 0.244. The van der Waals surface area contributed by atoms with Crippen molar-refractivity contribution in [2.24, 2.45) is 35.5 Å². The van der Waals surface area contributed by atoms with Crippen LogP contribution in [0.5, 0.6) is 0 Å². The van der Waals surface area contributed by atoms with Gasteiger partial charge in [-0.3, -0.25) is 9.59 Å². The highest BCUT2D eigenvalue weighted by molar-refractivity contribution is 8.21. The molecule has 4 saturated carbocycles. The van der Waals surface area contributed by atoms with Crippen LogP contribution >= 0.6 is 47.0 Å². The maximum Gasteiger partial charge on any atom is 0.223 e. The van der Waals surface area contributed by atoms with E-state index in [1.165, 1.54) is 61.5 Å². The molecule has 2 saturated heterocycles. The maximum atomic E-state index is 13.0. The van der Waals surface area contributed by atoms with E-state index in [-0.39, 0.29) is 11.8 Å². The molecular formula is C30H48N2O2S4. The number of thioether (sulfide) groups is 4. The first kappa shape index (κ1) is 28.5. The predicted molar refractivity (Wildman–Crippen MR) is 167 cm³/mol. The summed E-state index contributed by atoms with van der Waals surface area (Å²) in [4.78, 5) is 25.9. The van der Waals surface area contributed by atoms with Gasteiger partial charge in [0.05, 0.1) is 8.16 Å². The van der Waals surface area contributed by atoms with Crippen molar-refractivity contribution < 1.29 is 9.59 Å². The number of hydrogen-bond acceptors (Lipinski definition) is 6. The van der Waals surface area contributed by atoms with E-state index in [0.29, 0.717) is 20.0 Å². The van der Waals surface area contributed by atoms with E-state index in [0.717, 1.165) is 88.1 Å². The number of rotatable bonds is 9. The average molecular weight is 597 g/mol. The first-order valence-electron chi connectivity index (χ1n) is 15.7. The van der Waals surface area contributed by atoms with Gasteiger partial charge in [0.25, 0.3) is 0 Å². The van der Waals surface area contributed by atoms with Gasteiger partial charge in [-0.2, -0.15) is 0 Å². The molecule has 6 aliphatic rings. The van der Waals surface area contributed by atoms with Crippen molar-refractivity contribution in [3.8, 4) is 0 Å². The molecule has 4 aliphatic carbocycles. The quantitative estimate of drug-likeness (QED) is 0.286. The Morgan fingerprint density at radius 1 is 0.553 bits per heavy atom. The Bertz CT molecular complexity index is 744. The third-order valence-electron chi connectivity index (χ3n) is 10.7. The van der Waals surface area contributed by atoms with Gasteiger partial charge in [0.15, 0.2) is 0 Å². The summed E-state index contributed by atoms with van der Waals surface area (Å²) in [6.45, 7) is 1.63. The molecule has 0 radical (unpaired) electrons. The lowest BCUT2D eigenvalue weighted by Gasteiger charge is -2.52. The number of nitrogens with one attached hydrogen (secondary N) is 2. The zero-order valence-electron chi connectivity index (χ0n) is 23.1. The van der Waals surface area contributed by atoms with Gasteiger partial charge in [-0.25, -0.2) is 0 Å². The second-order valence-corrected chi connectivity index (χ2v) is 18.8. The zero-order chi connectivity index (χ0) is 26.0. The van der Waals surface area contributed by atoms with Crippen LogP contribution in [-0.4, -0.2) is 56.1 Å². The van der Waals surface area contributed by atoms with Gasteiger partial charge >= 0.3 is 0 Å². The molecular weight excluding hydrogens is 549 g/mol. The van der Waals surface area contributed by atoms with Gasteiger partial charge in [0.2, 0.25) is 11.8 Å². The number of carbonyl (C=O) groups excluding carboxylic acids is 2. The zero-order valence-corrected chi connectivity index (χ0v) is 26.3. The van der Waals surface area contributed by atoms with Crippen molar-refractivity contribution in [2.75, 3.05) is 36.1 Å². The van der Waals surface area contributed by atoms with Crippen molar-refractivity contribution in [1.29, 1.82) is 0 Å². The average Bonchev–Trinajstić information content (AvgIpc) is 3.56. The van der Waals surface area contributed by atoms with Crippen molar-refractivity contribution in [2.45, 2.75) is 98.0 Å². The van der Waals surface area contributed by atoms with E-state index in [4.69, 9.17) is 0 Å². The highest BCUT2D eigenvalue weighted by atomic mass is 32.2. The Hall–Kier alpha value is 0.340. The smallest absolute Gasteiger partial charge is 0.223 e. The van der Waals surface area contributed by atoms with Crippen molar-refractivity contribution in [3.63, 3.8) is 0 Å². The van der Waals surface area contributed by atoms with E-state index in [1.807, 2.05) is 0 Å². The van der Waals surface area contributed by atoms with E-state index >= 15 is 0 Å². The van der Waals surface area contributed by atoms with Gasteiger partial charge < -0.3 is 10.6 Å². The number of unbranched alkanes of at least 4 members (excludes halogenated alkanes) is 3. The number of carbonyl (C=O) groups is 2. The second kappa shape index (κ2) is 12.7. The summed E-state index contributed by atoms with van der Waals surface area (Å²) in [6, 6.07) is 0. The number of hydrogen-bond donors (Lipinski definition) is 2. The standard InChI is InChI=1S/C30H48N2O2S4/c33-27(21-17-23-7-5-8-24(18-21)29(23)35-13-14-36-29)31-11-3-1-2-4-12-32-28(34)22-19-25-9-6-10-26(20-22)30(25)37-15-16-38-30/h21-26H,1-20H2,(H,31,33)(H,32,34). The van der Waals surface area contributed by atoms with E-state index in [2.05, 4.69) is 57.7 Å². The molecule has 2 amide bonds. The molecule has 6 fully saturated rings. The Labute approximate surface area is 247 Å². The highest BCUT2D eigenvalue weighted by Gasteiger charge is 2.56. The Morgan fingerprint density at radius 2 is 0.895 bits per heavy atom. The molecule has 214 valence electrons. The lowest BCUT2D eigenvalue weighted by molar-refractivity contribution is -0.128. The molecule has 4 bridgehead atoms. The molecule has 8 heteroatoms. The van der Waals surface area contributed by atoms with Gasteiger partial charge in [-0.1, -0.05) is 25.7 Å². The summed E-state index contributed by atoms with van der Waals surface area (Å²) in [7, 11) is 0. The summed E-state index contributed by atoms with van der Waals surface area (Å²) >= 11 is 8.89. The van der Waals surface area contributed by atoms with Crippen LogP contribution in [0.2, 0.25) is 0 Å². The van der Waals surface area contributed by atoms with Gasteiger partial charge in [-0.15, -0.1) is 47.0 Å². The molecule has 2 N–H and O–H groups in total. The third kappa shape index (κ3) is 5.69. The first-order valence-corrected chi connectivity index (χ1v) is 19.7. The van der Waals surface area contributed by atoms with Crippen LogP contribution < -0.4 is 10.6 Å². The summed E-state index contributed by atoms with van der Waals surface area (Å²) in [5.41, 5.74) is 0. The van der Waals surface area contributed by atoms with E-state index < -0.39 is 0 Å². The second-order valence-electron chi connectivity index (χ2n) is 12.8. The van der Waals surface area contributed by atoms with E-state index in [1.54, 1.807) is 0 Å². The molecule has 0 aromatic heterocycles. The van der Waals surface area contributed by atoms with Gasteiger partial charge in [0.1, 0.15) is 0 Å². The third-order valence-corrected chi connectivity index (χ3v) is 18.7. The van der Waals surface area contributed by atoms with E-state index in [9.17, 15) is 9.59 Å². The first-order chi connectivity index (χ1) is 18.6. The molecule has 38 heavy (non-hydrogen) atoms. The summed E-state index contributed by atoms with van der Waals surface area (Å²) < 4.78 is 0.910. The monoisotopic (exact) mass is 596 g/mol. The fraction of sp³-hybridized carbons (Fsp3) is 0.933. The highest BCUT2D eigenvalue weighted by Crippen LogP contribution is 2.65. The SMILES string of the molecule is O=C(NCCCCCCNC(=O)C1CC2CCCC(C1)C21SCCS1)C1CC2CCCC(C1)C21SCCS1. The van der Waals surface area contributed by atoms with Crippen molar-refractivity contribution in [1.82, 2.24) is 10.6 Å².